The SMILES string of the molecule is C=C1c2cc3c(cc2-c2cccc[n+]2C1(CC)CC)C(C)(C)C(C)(CCCCC)C3(C)C. The van der Waals surface area contributed by atoms with Crippen molar-refractivity contribution in [3.05, 3.63) is 59.8 Å². The molecule has 1 aliphatic heterocycles. The zero-order valence-electron chi connectivity index (χ0n) is 21.9. The summed E-state index contributed by atoms with van der Waals surface area (Å²) >= 11 is 0. The van der Waals surface area contributed by atoms with Crippen molar-refractivity contribution in [2.24, 2.45) is 5.41 Å². The molecule has 0 saturated heterocycles. The van der Waals surface area contributed by atoms with Gasteiger partial charge >= 0.3 is 0 Å². The third kappa shape index (κ3) is 2.72. The van der Waals surface area contributed by atoms with E-state index in [2.05, 4.69) is 96.5 Å². The Labute approximate surface area is 197 Å². The predicted octanol–water partition coefficient (Wildman–Crippen LogP) is 8.34. The molecule has 1 aromatic heterocycles. The zero-order valence-corrected chi connectivity index (χ0v) is 21.9. The van der Waals surface area contributed by atoms with Crippen LogP contribution in [0.3, 0.4) is 0 Å². The smallest absolute Gasteiger partial charge is 0.189 e. The van der Waals surface area contributed by atoms with Gasteiger partial charge in [-0.3, -0.25) is 0 Å². The van der Waals surface area contributed by atoms with Gasteiger partial charge in [0, 0.05) is 30.5 Å². The van der Waals surface area contributed by atoms with Crippen LogP contribution in [0.4, 0.5) is 0 Å². The van der Waals surface area contributed by atoms with Gasteiger partial charge in [0.05, 0.1) is 5.56 Å². The van der Waals surface area contributed by atoms with Crippen molar-refractivity contribution < 1.29 is 4.57 Å². The van der Waals surface area contributed by atoms with Crippen molar-refractivity contribution in [2.75, 3.05) is 0 Å². The van der Waals surface area contributed by atoms with Gasteiger partial charge in [-0.1, -0.05) is 81.2 Å². The summed E-state index contributed by atoms with van der Waals surface area (Å²) in [6.45, 7) is 24.2. The summed E-state index contributed by atoms with van der Waals surface area (Å²) in [4.78, 5) is 0. The normalized spacial score (nSPS) is 24.1. The number of allylic oxidation sites excluding steroid dienone is 1. The van der Waals surface area contributed by atoms with E-state index >= 15 is 0 Å². The molecule has 0 saturated carbocycles. The highest BCUT2D eigenvalue weighted by Crippen LogP contribution is 2.65. The first kappa shape index (κ1) is 23.3. The summed E-state index contributed by atoms with van der Waals surface area (Å²) in [5.74, 6) is 0. The van der Waals surface area contributed by atoms with Crippen molar-refractivity contribution in [2.45, 2.75) is 110 Å². The van der Waals surface area contributed by atoms with Crippen molar-refractivity contribution in [1.29, 1.82) is 0 Å². The van der Waals surface area contributed by atoms with E-state index in [1.54, 1.807) is 11.1 Å². The lowest BCUT2D eigenvalue weighted by Crippen LogP contribution is -2.59. The highest BCUT2D eigenvalue weighted by atomic mass is 15.1. The number of hydrogen-bond donors (Lipinski definition) is 0. The second kappa shape index (κ2) is 7.57. The topological polar surface area (TPSA) is 3.88 Å². The molecule has 4 rings (SSSR count). The van der Waals surface area contributed by atoms with E-state index in [1.165, 1.54) is 48.1 Å². The molecule has 1 unspecified atom stereocenters. The Hall–Kier alpha value is -1.89. The van der Waals surface area contributed by atoms with Crippen LogP contribution in [0, 0.1) is 5.41 Å². The zero-order chi connectivity index (χ0) is 23.5. The van der Waals surface area contributed by atoms with E-state index in [4.69, 9.17) is 6.58 Å². The van der Waals surface area contributed by atoms with Gasteiger partial charge in [0.1, 0.15) is 0 Å². The molecular formula is C31H44N+. The van der Waals surface area contributed by atoms with Gasteiger partial charge < -0.3 is 0 Å². The van der Waals surface area contributed by atoms with E-state index in [1.807, 2.05) is 0 Å². The quantitative estimate of drug-likeness (QED) is 0.320. The minimum Gasteiger partial charge on any atom is -0.189 e. The minimum absolute atomic E-state index is 0.0411. The molecule has 2 heterocycles. The Morgan fingerprint density at radius 3 is 1.97 bits per heavy atom. The summed E-state index contributed by atoms with van der Waals surface area (Å²) in [7, 11) is 0. The third-order valence-corrected chi connectivity index (χ3v) is 10.2. The first-order valence-electron chi connectivity index (χ1n) is 12.9. The van der Waals surface area contributed by atoms with Crippen LogP contribution in [0.1, 0.15) is 111 Å². The maximum Gasteiger partial charge on any atom is 0.213 e. The summed E-state index contributed by atoms with van der Waals surface area (Å²) < 4.78 is 2.51. The van der Waals surface area contributed by atoms with Crippen LogP contribution in [0.25, 0.3) is 16.8 Å². The highest BCUT2D eigenvalue weighted by molar-refractivity contribution is 5.84. The first-order valence-corrected chi connectivity index (χ1v) is 12.9. The van der Waals surface area contributed by atoms with Gasteiger partial charge in [-0.25, -0.2) is 0 Å². The number of pyridine rings is 1. The van der Waals surface area contributed by atoms with Crippen molar-refractivity contribution in [3.8, 4) is 11.3 Å². The molecule has 32 heavy (non-hydrogen) atoms. The van der Waals surface area contributed by atoms with Gasteiger partial charge in [-0.15, -0.1) is 0 Å². The number of benzene rings is 1. The second-order valence-electron chi connectivity index (χ2n) is 11.7. The fourth-order valence-electron chi connectivity index (χ4n) is 7.27. The van der Waals surface area contributed by atoms with Gasteiger partial charge in [0.25, 0.3) is 0 Å². The Morgan fingerprint density at radius 2 is 1.41 bits per heavy atom. The number of aromatic nitrogens is 1. The van der Waals surface area contributed by atoms with Gasteiger partial charge in [0.2, 0.25) is 5.69 Å². The molecule has 0 amide bonds. The molecule has 1 nitrogen and oxygen atoms in total. The fraction of sp³-hybridized carbons (Fsp3) is 0.581. The maximum atomic E-state index is 4.74. The lowest BCUT2D eigenvalue weighted by Gasteiger charge is -2.48. The number of nitrogens with zero attached hydrogens (tertiary/aromatic N) is 1. The molecule has 2 aromatic rings. The number of hydrogen-bond acceptors (Lipinski definition) is 0. The fourth-order valence-corrected chi connectivity index (χ4v) is 7.27. The Bertz CT molecular complexity index is 1050. The Morgan fingerprint density at radius 1 is 0.812 bits per heavy atom. The van der Waals surface area contributed by atoms with Crippen LogP contribution >= 0.6 is 0 Å². The summed E-state index contributed by atoms with van der Waals surface area (Å²) in [5, 5.41) is 0. The van der Waals surface area contributed by atoms with Gasteiger partial charge in [-0.2, -0.15) is 4.57 Å². The van der Waals surface area contributed by atoms with E-state index in [0.717, 1.165) is 12.8 Å². The lowest BCUT2D eigenvalue weighted by molar-refractivity contribution is -0.741. The molecule has 1 aliphatic carbocycles. The molecule has 172 valence electrons. The molecule has 0 radical (unpaired) electrons. The van der Waals surface area contributed by atoms with Crippen LogP contribution in [0.15, 0.2) is 43.1 Å². The van der Waals surface area contributed by atoms with Crippen LogP contribution in [0.2, 0.25) is 0 Å². The van der Waals surface area contributed by atoms with Crippen molar-refractivity contribution in [1.82, 2.24) is 0 Å². The molecule has 1 atom stereocenters. The standard InChI is InChI=1S/C31H44N/c1-10-13-15-18-30(9)28(5,6)25-20-23-22(4)31(11-2,12-3)32-19-16-14-17-27(32)24(23)21-26(25)29(30,7)8/h14,16-17,19-21H,4,10-13,15,18H2,1-3,5-9H3/q+1. The Kier molecular flexibility index (Phi) is 5.51. The average molecular weight is 431 g/mol. The van der Waals surface area contributed by atoms with E-state index in [9.17, 15) is 0 Å². The van der Waals surface area contributed by atoms with Crippen LogP contribution in [0.5, 0.6) is 0 Å². The largest absolute Gasteiger partial charge is 0.213 e. The number of fused-ring (bicyclic) bond motifs is 4. The van der Waals surface area contributed by atoms with Crippen LogP contribution in [-0.4, -0.2) is 0 Å². The molecule has 1 aromatic carbocycles. The van der Waals surface area contributed by atoms with Gasteiger partial charge in [0.15, 0.2) is 11.7 Å². The van der Waals surface area contributed by atoms with Crippen molar-refractivity contribution >= 4 is 5.57 Å². The second-order valence-corrected chi connectivity index (χ2v) is 11.7. The summed E-state index contributed by atoms with van der Waals surface area (Å²) in [5.41, 5.74) is 8.90. The average Bonchev–Trinajstić information content (AvgIpc) is 2.89. The minimum atomic E-state index is -0.0411. The van der Waals surface area contributed by atoms with Crippen LogP contribution in [-0.2, 0) is 16.4 Å². The van der Waals surface area contributed by atoms with E-state index in [-0.39, 0.29) is 21.8 Å². The number of rotatable bonds is 6. The predicted molar refractivity (Wildman–Crippen MR) is 138 cm³/mol. The molecule has 1 heteroatoms. The maximum absolute atomic E-state index is 4.74. The van der Waals surface area contributed by atoms with Crippen LogP contribution < -0.4 is 4.57 Å². The van der Waals surface area contributed by atoms with Crippen molar-refractivity contribution in [3.63, 3.8) is 0 Å². The molecule has 0 N–H and O–H groups in total. The summed E-state index contributed by atoms with van der Waals surface area (Å²) in [6.07, 6.45) is 9.59. The van der Waals surface area contributed by atoms with E-state index in [0.29, 0.717) is 0 Å². The molecule has 0 spiro atoms. The molecule has 2 aliphatic rings. The lowest BCUT2D eigenvalue weighted by atomic mass is 9.56. The van der Waals surface area contributed by atoms with Gasteiger partial charge in [-0.05, 0) is 57.6 Å². The van der Waals surface area contributed by atoms with E-state index < -0.39 is 0 Å². The first-order chi connectivity index (χ1) is 15.0. The Balaban J connectivity index is 1.98. The molecular weight excluding hydrogens is 386 g/mol. The summed E-state index contributed by atoms with van der Waals surface area (Å²) in [6, 6.07) is 11.8. The third-order valence-electron chi connectivity index (χ3n) is 10.2. The highest BCUT2D eigenvalue weighted by Gasteiger charge is 2.60. The number of unbranched alkanes of at least 4 members (excludes halogenated alkanes) is 2. The molecule has 0 fully saturated rings. The molecule has 0 bridgehead atoms. The monoisotopic (exact) mass is 430 g/mol.